The molecule has 7 heteroatoms. The van der Waals surface area contributed by atoms with E-state index in [1.165, 1.54) is 6.07 Å². The molecule has 0 saturated heterocycles. The second kappa shape index (κ2) is 4.77. The number of halogens is 2. The number of aryl methyl sites for hydroxylation is 1. The van der Waals surface area contributed by atoms with Crippen molar-refractivity contribution < 1.29 is 8.78 Å². The van der Waals surface area contributed by atoms with E-state index >= 15 is 0 Å². The van der Waals surface area contributed by atoms with Crippen molar-refractivity contribution in [1.29, 1.82) is 0 Å². The standard InChI is InChI=1S/C11H9F2N3OS/c1-5-15-9(17)4-10(16-5)18-11-7(12)2-6(14)3-8(11)13/h2-4H,14H2,1H3,(H,15,16,17). The van der Waals surface area contributed by atoms with Crippen LogP contribution in [0.4, 0.5) is 14.5 Å². The van der Waals surface area contributed by atoms with Gasteiger partial charge in [-0.3, -0.25) is 4.79 Å². The van der Waals surface area contributed by atoms with Gasteiger partial charge in [-0.2, -0.15) is 0 Å². The van der Waals surface area contributed by atoms with Gasteiger partial charge < -0.3 is 10.7 Å². The largest absolute Gasteiger partial charge is 0.399 e. The van der Waals surface area contributed by atoms with Crippen molar-refractivity contribution >= 4 is 17.4 Å². The molecule has 0 aliphatic rings. The number of aromatic nitrogens is 2. The van der Waals surface area contributed by atoms with Crippen LogP contribution in [0.2, 0.25) is 0 Å². The zero-order valence-corrected chi connectivity index (χ0v) is 10.1. The molecule has 0 saturated carbocycles. The van der Waals surface area contributed by atoms with Crippen molar-refractivity contribution in [3.63, 3.8) is 0 Å². The van der Waals surface area contributed by atoms with Crippen LogP contribution in [0.15, 0.2) is 32.9 Å². The first kappa shape index (κ1) is 12.6. The summed E-state index contributed by atoms with van der Waals surface area (Å²) in [6.07, 6.45) is 0. The van der Waals surface area contributed by atoms with E-state index in [1.807, 2.05) is 0 Å². The van der Waals surface area contributed by atoms with Gasteiger partial charge in [-0.1, -0.05) is 11.8 Å². The Labute approximate surface area is 105 Å². The van der Waals surface area contributed by atoms with E-state index in [0.717, 1.165) is 23.9 Å². The van der Waals surface area contributed by atoms with E-state index in [9.17, 15) is 13.6 Å². The van der Waals surface area contributed by atoms with Gasteiger partial charge in [-0.05, 0) is 19.1 Å². The fourth-order valence-corrected chi connectivity index (χ4v) is 2.26. The first-order valence-corrected chi connectivity index (χ1v) is 5.77. The van der Waals surface area contributed by atoms with Gasteiger partial charge in [0, 0.05) is 11.8 Å². The molecule has 18 heavy (non-hydrogen) atoms. The topological polar surface area (TPSA) is 71.8 Å². The summed E-state index contributed by atoms with van der Waals surface area (Å²) in [6, 6.07) is 3.21. The number of nitrogens with two attached hydrogens (primary N) is 1. The van der Waals surface area contributed by atoms with Crippen LogP contribution in [0.1, 0.15) is 5.82 Å². The van der Waals surface area contributed by atoms with Crippen molar-refractivity contribution in [2.75, 3.05) is 5.73 Å². The Morgan fingerprint density at radius 1 is 1.28 bits per heavy atom. The summed E-state index contributed by atoms with van der Waals surface area (Å²) in [6.45, 7) is 1.58. The molecule has 0 atom stereocenters. The average Bonchev–Trinajstić information content (AvgIpc) is 2.22. The fourth-order valence-electron chi connectivity index (χ4n) is 1.39. The molecule has 2 rings (SSSR count). The molecule has 0 bridgehead atoms. The zero-order valence-electron chi connectivity index (χ0n) is 9.33. The molecule has 1 heterocycles. The number of hydrogen-bond donors (Lipinski definition) is 2. The maximum atomic E-state index is 13.5. The van der Waals surface area contributed by atoms with Crippen LogP contribution in [0.3, 0.4) is 0 Å². The maximum Gasteiger partial charge on any atom is 0.251 e. The normalized spacial score (nSPS) is 10.6. The van der Waals surface area contributed by atoms with Crippen molar-refractivity contribution in [1.82, 2.24) is 9.97 Å². The zero-order chi connectivity index (χ0) is 13.3. The van der Waals surface area contributed by atoms with Crippen LogP contribution in [0, 0.1) is 18.6 Å². The summed E-state index contributed by atoms with van der Waals surface area (Å²) in [5.41, 5.74) is 4.94. The Hall–Kier alpha value is -1.89. The van der Waals surface area contributed by atoms with Crippen LogP contribution in [-0.2, 0) is 0 Å². The Morgan fingerprint density at radius 2 is 1.89 bits per heavy atom. The molecule has 1 aromatic heterocycles. The number of rotatable bonds is 2. The maximum absolute atomic E-state index is 13.5. The lowest BCUT2D eigenvalue weighted by Crippen LogP contribution is -2.08. The lowest BCUT2D eigenvalue weighted by molar-refractivity contribution is 0.541. The Bertz CT molecular complexity index is 634. The van der Waals surface area contributed by atoms with Crippen LogP contribution in [-0.4, -0.2) is 9.97 Å². The minimum atomic E-state index is -0.780. The SMILES string of the molecule is Cc1nc(Sc2c(F)cc(N)cc2F)cc(=O)[nH]1. The predicted octanol–water partition coefficient (Wildman–Crippen LogP) is 2.09. The average molecular weight is 269 g/mol. The fraction of sp³-hybridized carbons (Fsp3) is 0.0909. The van der Waals surface area contributed by atoms with Gasteiger partial charge in [-0.25, -0.2) is 13.8 Å². The molecule has 0 fully saturated rings. The van der Waals surface area contributed by atoms with Gasteiger partial charge in [0.25, 0.3) is 5.56 Å². The summed E-state index contributed by atoms with van der Waals surface area (Å²) >= 11 is 0.741. The summed E-state index contributed by atoms with van der Waals surface area (Å²) in [7, 11) is 0. The van der Waals surface area contributed by atoms with E-state index in [2.05, 4.69) is 9.97 Å². The van der Waals surface area contributed by atoms with E-state index in [1.54, 1.807) is 6.92 Å². The minimum Gasteiger partial charge on any atom is -0.399 e. The number of nitrogens with one attached hydrogen (secondary N) is 1. The molecule has 2 aromatic rings. The summed E-state index contributed by atoms with van der Waals surface area (Å²) in [5.74, 6) is -1.18. The lowest BCUT2D eigenvalue weighted by Gasteiger charge is -2.05. The van der Waals surface area contributed by atoms with Crippen molar-refractivity contribution in [3.05, 3.63) is 46.0 Å². The molecule has 0 aliphatic heterocycles. The minimum absolute atomic E-state index is 0.00407. The molecule has 0 radical (unpaired) electrons. The quantitative estimate of drug-likeness (QED) is 0.647. The molecule has 3 N–H and O–H groups in total. The number of hydrogen-bond acceptors (Lipinski definition) is 4. The summed E-state index contributed by atoms with van der Waals surface area (Å²) < 4.78 is 27.1. The third kappa shape index (κ3) is 2.67. The van der Waals surface area contributed by atoms with E-state index in [4.69, 9.17) is 5.73 Å². The van der Waals surface area contributed by atoms with Crippen molar-refractivity contribution in [2.45, 2.75) is 16.8 Å². The predicted molar refractivity (Wildman–Crippen MR) is 64.5 cm³/mol. The monoisotopic (exact) mass is 269 g/mol. The lowest BCUT2D eigenvalue weighted by atomic mass is 10.3. The smallest absolute Gasteiger partial charge is 0.251 e. The molecule has 4 nitrogen and oxygen atoms in total. The highest BCUT2D eigenvalue weighted by Crippen LogP contribution is 2.31. The number of benzene rings is 1. The molecule has 1 aromatic carbocycles. The molecule has 0 amide bonds. The first-order chi connectivity index (χ1) is 8.45. The molecule has 0 unspecified atom stereocenters. The Morgan fingerprint density at radius 3 is 2.44 bits per heavy atom. The summed E-state index contributed by atoms with van der Waals surface area (Å²) in [5, 5.41) is 0.221. The second-order valence-corrected chi connectivity index (χ2v) is 4.62. The number of H-pyrrole nitrogens is 1. The highest BCUT2D eigenvalue weighted by molar-refractivity contribution is 7.99. The van der Waals surface area contributed by atoms with Gasteiger partial charge in [0.15, 0.2) is 0 Å². The third-order valence-electron chi connectivity index (χ3n) is 2.06. The van der Waals surface area contributed by atoms with Gasteiger partial charge in [-0.15, -0.1) is 0 Å². The number of anilines is 1. The van der Waals surface area contributed by atoms with Gasteiger partial charge in [0.2, 0.25) is 0 Å². The van der Waals surface area contributed by atoms with E-state index in [-0.39, 0.29) is 21.2 Å². The second-order valence-electron chi connectivity index (χ2n) is 3.58. The molecular weight excluding hydrogens is 260 g/mol. The number of nitrogens with zero attached hydrogens (tertiary/aromatic N) is 1. The van der Waals surface area contributed by atoms with Gasteiger partial charge >= 0.3 is 0 Å². The van der Waals surface area contributed by atoms with Gasteiger partial charge in [0.05, 0.1) is 4.90 Å². The van der Waals surface area contributed by atoms with Crippen LogP contribution in [0.25, 0.3) is 0 Å². The van der Waals surface area contributed by atoms with Crippen molar-refractivity contribution in [3.8, 4) is 0 Å². The molecule has 0 aliphatic carbocycles. The Balaban J connectivity index is 2.43. The summed E-state index contributed by atoms with van der Waals surface area (Å²) in [4.78, 5) is 17.4. The highest BCUT2D eigenvalue weighted by atomic mass is 32.2. The highest BCUT2D eigenvalue weighted by Gasteiger charge is 2.13. The van der Waals surface area contributed by atoms with Crippen LogP contribution < -0.4 is 11.3 Å². The first-order valence-electron chi connectivity index (χ1n) is 4.96. The van der Waals surface area contributed by atoms with Crippen molar-refractivity contribution in [2.24, 2.45) is 0 Å². The number of aromatic amines is 1. The van der Waals surface area contributed by atoms with E-state index < -0.39 is 11.6 Å². The molecule has 94 valence electrons. The van der Waals surface area contributed by atoms with E-state index in [0.29, 0.717) is 5.82 Å². The van der Waals surface area contributed by atoms with Crippen LogP contribution >= 0.6 is 11.8 Å². The van der Waals surface area contributed by atoms with Gasteiger partial charge in [0.1, 0.15) is 22.5 Å². The van der Waals surface area contributed by atoms with Crippen LogP contribution in [0.5, 0.6) is 0 Å². The third-order valence-corrected chi connectivity index (χ3v) is 3.08. The molecular formula is C11H9F2N3OS. The molecule has 0 spiro atoms. The number of nitrogen functional groups attached to an aromatic ring is 1. The Kier molecular flexibility index (Phi) is 3.33.